The first-order chi connectivity index (χ1) is 13.2. The van der Waals surface area contributed by atoms with Gasteiger partial charge in [0.05, 0.1) is 12.0 Å². The molecule has 3 unspecified atom stereocenters. The maximum Gasteiger partial charge on any atom is 0.251 e. The molecule has 27 heavy (non-hydrogen) atoms. The molecule has 1 aromatic heterocycles. The van der Waals surface area contributed by atoms with Crippen LogP contribution in [0.15, 0.2) is 30.5 Å². The second-order valence-corrected chi connectivity index (χ2v) is 7.70. The number of hydrogen-bond acceptors (Lipinski definition) is 3. The molecule has 0 saturated heterocycles. The van der Waals surface area contributed by atoms with E-state index in [-0.39, 0.29) is 23.8 Å². The van der Waals surface area contributed by atoms with Crippen molar-refractivity contribution < 1.29 is 9.59 Å². The van der Waals surface area contributed by atoms with Gasteiger partial charge in [-0.1, -0.05) is 18.9 Å². The highest BCUT2D eigenvalue weighted by molar-refractivity contribution is 5.98. The molecule has 0 bridgehead atoms. The van der Waals surface area contributed by atoms with Crippen LogP contribution in [0.2, 0.25) is 0 Å². The average molecular weight is 364 g/mol. The fourth-order valence-corrected chi connectivity index (χ4v) is 4.00. The molecule has 1 aromatic carbocycles. The Hall–Kier alpha value is -2.81. The molecule has 3 atom stereocenters. The van der Waals surface area contributed by atoms with E-state index in [1.807, 2.05) is 30.5 Å². The fourth-order valence-electron chi connectivity index (χ4n) is 4.00. The number of nitrogens with zero attached hydrogens (tertiary/aromatic N) is 1. The molecule has 2 amide bonds. The molecule has 1 heterocycles. The van der Waals surface area contributed by atoms with Crippen molar-refractivity contribution in [3.8, 4) is 6.07 Å². The number of H-pyrrole nitrogens is 1. The van der Waals surface area contributed by atoms with Gasteiger partial charge in [-0.15, -0.1) is 0 Å². The molecule has 6 nitrogen and oxygen atoms in total. The lowest BCUT2D eigenvalue weighted by Crippen LogP contribution is -2.50. The molecule has 3 N–H and O–H groups in total. The first-order valence-electron chi connectivity index (χ1n) is 9.73. The largest absolute Gasteiger partial charge is 0.361 e. The number of amides is 2. The topological polar surface area (TPSA) is 97.8 Å². The zero-order valence-corrected chi connectivity index (χ0v) is 15.2. The highest BCUT2D eigenvalue weighted by Crippen LogP contribution is 2.33. The van der Waals surface area contributed by atoms with Crippen LogP contribution in [-0.2, 0) is 4.79 Å². The van der Waals surface area contributed by atoms with Crippen molar-refractivity contribution in [3.05, 3.63) is 36.0 Å². The highest BCUT2D eigenvalue weighted by atomic mass is 16.2. The monoisotopic (exact) mass is 364 g/mol. The van der Waals surface area contributed by atoms with E-state index in [1.54, 1.807) is 0 Å². The number of carbonyl (C=O) groups is 2. The molecule has 2 aliphatic carbocycles. The van der Waals surface area contributed by atoms with Gasteiger partial charge in [-0.2, -0.15) is 5.26 Å². The molecule has 0 spiro atoms. The summed E-state index contributed by atoms with van der Waals surface area (Å²) < 4.78 is 0. The standard InChI is InChI=1S/C21H24N4O2/c22-12-19(13-5-6-13)25-21(27)16-3-1-2-4-17(16)24-20(26)15-8-7-14-9-10-23-18(14)11-15/h7-11,13,16-17,19,23H,1-6H2,(H,24,26)(H,25,27). The van der Waals surface area contributed by atoms with Crippen molar-refractivity contribution in [3.63, 3.8) is 0 Å². The van der Waals surface area contributed by atoms with Gasteiger partial charge < -0.3 is 15.6 Å². The van der Waals surface area contributed by atoms with E-state index in [1.165, 1.54) is 0 Å². The highest BCUT2D eigenvalue weighted by Gasteiger charge is 2.37. The summed E-state index contributed by atoms with van der Waals surface area (Å²) in [6.07, 6.45) is 7.35. The van der Waals surface area contributed by atoms with E-state index in [2.05, 4.69) is 21.7 Å². The Kier molecular flexibility index (Phi) is 4.85. The number of carbonyl (C=O) groups excluding carboxylic acids is 2. The van der Waals surface area contributed by atoms with Crippen LogP contribution in [0, 0.1) is 23.2 Å². The van der Waals surface area contributed by atoms with E-state index >= 15 is 0 Å². The molecule has 0 radical (unpaired) electrons. The summed E-state index contributed by atoms with van der Waals surface area (Å²) in [5, 5.41) is 16.3. The van der Waals surface area contributed by atoms with Gasteiger partial charge in [-0.3, -0.25) is 9.59 Å². The Morgan fingerprint density at radius 1 is 1.15 bits per heavy atom. The van der Waals surface area contributed by atoms with Gasteiger partial charge in [0.2, 0.25) is 5.91 Å². The predicted octanol–water partition coefficient (Wildman–Crippen LogP) is 2.87. The third-order valence-corrected chi connectivity index (χ3v) is 5.77. The Bertz CT molecular complexity index is 893. The lowest BCUT2D eigenvalue weighted by molar-refractivity contribution is -0.127. The van der Waals surface area contributed by atoms with Crippen LogP contribution in [-0.4, -0.2) is 28.9 Å². The van der Waals surface area contributed by atoms with E-state index in [0.717, 1.165) is 49.4 Å². The normalized spacial score (nSPS) is 23.4. The van der Waals surface area contributed by atoms with E-state index in [0.29, 0.717) is 11.5 Å². The Morgan fingerprint density at radius 3 is 2.74 bits per heavy atom. The number of rotatable bonds is 5. The maximum absolute atomic E-state index is 12.7. The van der Waals surface area contributed by atoms with Gasteiger partial charge in [0.25, 0.3) is 5.91 Å². The zero-order valence-electron chi connectivity index (χ0n) is 15.2. The van der Waals surface area contributed by atoms with E-state index in [9.17, 15) is 14.9 Å². The SMILES string of the molecule is N#CC(NC(=O)C1CCCCC1NC(=O)c1ccc2cc[nH]c2c1)C1CC1. The van der Waals surface area contributed by atoms with Crippen molar-refractivity contribution in [2.24, 2.45) is 11.8 Å². The van der Waals surface area contributed by atoms with Gasteiger partial charge in [-0.25, -0.2) is 0 Å². The number of hydrogen-bond donors (Lipinski definition) is 3. The lowest BCUT2D eigenvalue weighted by atomic mass is 9.83. The fraction of sp³-hybridized carbons (Fsp3) is 0.476. The lowest BCUT2D eigenvalue weighted by Gasteiger charge is -2.31. The summed E-state index contributed by atoms with van der Waals surface area (Å²) in [4.78, 5) is 28.6. The second-order valence-electron chi connectivity index (χ2n) is 7.70. The Morgan fingerprint density at radius 2 is 1.96 bits per heavy atom. The van der Waals surface area contributed by atoms with Gasteiger partial charge in [0, 0.05) is 23.3 Å². The molecule has 2 saturated carbocycles. The minimum absolute atomic E-state index is 0.0988. The number of nitrogens with one attached hydrogen (secondary N) is 3. The van der Waals surface area contributed by atoms with Crippen LogP contribution in [0.4, 0.5) is 0 Å². The molecule has 4 rings (SSSR count). The maximum atomic E-state index is 12.7. The van der Waals surface area contributed by atoms with Crippen molar-refractivity contribution >= 4 is 22.7 Å². The van der Waals surface area contributed by atoms with Crippen LogP contribution in [0.5, 0.6) is 0 Å². The van der Waals surface area contributed by atoms with Crippen molar-refractivity contribution in [1.29, 1.82) is 5.26 Å². The van der Waals surface area contributed by atoms with Gasteiger partial charge >= 0.3 is 0 Å². The number of benzene rings is 1. The molecular formula is C21H24N4O2. The van der Waals surface area contributed by atoms with Gasteiger partial charge in [-0.05, 0) is 55.2 Å². The number of aromatic amines is 1. The summed E-state index contributed by atoms with van der Waals surface area (Å²) in [6.45, 7) is 0. The van der Waals surface area contributed by atoms with Crippen LogP contribution in [0.3, 0.4) is 0 Å². The van der Waals surface area contributed by atoms with Crippen molar-refractivity contribution in [2.45, 2.75) is 50.6 Å². The number of nitriles is 1. The zero-order chi connectivity index (χ0) is 18.8. The van der Waals surface area contributed by atoms with Crippen LogP contribution >= 0.6 is 0 Å². The van der Waals surface area contributed by atoms with Crippen LogP contribution in [0.25, 0.3) is 10.9 Å². The smallest absolute Gasteiger partial charge is 0.251 e. The molecule has 2 fully saturated rings. The summed E-state index contributed by atoms with van der Waals surface area (Å²) in [5.74, 6) is -0.233. The third-order valence-electron chi connectivity index (χ3n) is 5.77. The van der Waals surface area contributed by atoms with Crippen LogP contribution < -0.4 is 10.6 Å². The third kappa shape index (κ3) is 3.82. The van der Waals surface area contributed by atoms with E-state index < -0.39 is 6.04 Å². The minimum atomic E-state index is -0.397. The molecule has 2 aliphatic rings. The first-order valence-corrected chi connectivity index (χ1v) is 9.73. The molecule has 2 aromatic rings. The summed E-state index contributed by atoms with van der Waals surface area (Å²) >= 11 is 0. The van der Waals surface area contributed by atoms with Gasteiger partial charge in [0.15, 0.2) is 0 Å². The average Bonchev–Trinajstić information content (AvgIpc) is 3.42. The molecule has 0 aliphatic heterocycles. The summed E-state index contributed by atoms with van der Waals surface area (Å²) in [5.41, 5.74) is 1.50. The number of aromatic nitrogens is 1. The minimum Gasteiger partial charge on any atom is -0.361 e. The summed E-state index contributed by atoms with van der Waals surface area (Å²) in [7, 11) is 0. The quantitative estimate of drug-likeness (QED) is 0.761. The van der Waals surface area contributed by atoms with E-state index in [4.69, 9.17) is 0 Å². The number of fused-ring (bicyclic) bond motifs is 1. The van der Waals surface area contributed by atoms with Crippen molar-refractivity contribution in [1.82, 2.24) is 15.6 Å². The second kappa shape index (κ2) is 7.43. The Labute approximate surface area is 158 Å². The first kappa shape index (κ1) is 17.6. The van der Waals surface area contributed by atoms with Crippen molar-refractivity contribution in [2.75, 3.05) is 0 Å². The van der Waals surface area contributed by atoms with Crippen LogP contribution in [0.1, 0.15) is 48.9 Å². The molecule has 140 valence electrons. The predicted molar refractivity (Wildman–Crippen MR) is 102 cm³/mol. The molecular weight excluding hydrogens is 340 g/mol. The Balaban J connectivity index is 1.44. The van der Waals surface area contributed by atoms with Gasteiger partial charge in [0.1, 0.15) is 6.04 Å². The molecule has 6 heteroatoms. The summed E-state index contributed by atoms with van der Waals surface area (Å²) in [6, 6.07) is 9.14.